The molecule has 0 saturated heterocycles. The molecule has 0 bridgehead atoms. The lowest BCUT2D eigenvalue weighted by molar-refractivity contribution is 0.0527. The number of esters is 1. The van der Waals surface area contributed by atoms with E-state index in [0.29, 0.717) is 0 Å². The Bertz CT molecular complexity index is 634. The Morgan fingerprint density at radius 2 is 2.22 bits per heavy atom. The Labute approximate surface area is 100 Å². The second-order valence-electron chi connectivity index (χ2n) is 3.32. The van der Waals surface area contributed by atoms with Gasteiger partial charge >= 0.3 is 11.9 Å². The molecule has 0 radical (unpaired) electrons. The van der Waals surface area contributed by atoms with Gasteiger partial charge in [0.2, 0.25) is 5.88 Å². The van der Waals surface area contributed by atoms with Crippen molar-refractivity contribution in [3.63, 3.8) is 0 Å². The fourth-order valence-corrected chi connectivity index (χ4v) is 1.41. The highest BCUT2D eigenvalue weighted by Gasteiger charge is 2.19. The first-order valence-corrected chi connectivity index (χ1v) is 5.02. The third-order valence-electron chi connectivity index (χ3n) is 2.17. The van der Waals surface area contributed by atoms with Crippen molar-refractivity contribution in [1.29, 1.82) is 0 Å². The molecule has 0 amide bonds. The largest absolute Gasteiger partial charge is 0.493 e. The van der Waals surface area contributed by atoms with Gasteiger partial charge < -0.3 is 14.9 Å². The third-order valence-corrected chi connectivity index (χ3v) is 2.17. The van der Waals surface area contributed by atoms with Crippen LogP contribution in [0.25, 0.3) is 5.65 Å². The first kappa shape index (κ1) is 11.8. The van der Waals surface area contributed by atoms with Gasteiger partial charge in [0.25, 0.3) is 0 Å². The van der Waals surface area contributed by atoms with E-state index in [2.05, 4.69) is 10.1 Å². The van der Waals surface area contributed by atoms with Crippen molar-refractivity contribution in [1.82, 2.24) is 14.6 Å². The lowest BCUT2D eigenvalue weighted by Crippen LogP contribution is -2.07. The lowest BCUT2D eigenvalue weighted by atomic mass is 10.3. The van der Waals surface area contributed by atoms with Crippen molar-refractivity contribution in [3.8, 4) is 5.88 Å². The molecule has 0 aromatic carbocycles. The van der Waals surface area contributed by atoms with E-state index in [-0.39, 0.29) is 23.5 Å². The molecule has 0 aliphatic rings. The summed E-state index contributed by atoms with van der Waals surface area (Å²) in [7, 11) is 0. The topological polar surface area (TPSA) is 114 Å². The van der Waals surface area contributed by atoms with E-state index in [9.17, 15) is 14.7 Å². The smallest absolute Gasteiger partial charge is 0.354 e. The van der Waals surface area contributed by atoms with Gasteiger partial charge in [0.15, 0.2) is 11.3 Å². The maximum absolute atomic E-state index is 11.6. The van der Waals surface area contributed by atoms with Gasteiger partial charge in [-0.15, -0.1) is 0 Å². The number of carbonyl (C=O) groups is 2. The number of ether oxygens (including phenoxy) is 1. The zero-order valence-electron chi connectivity index (χ0n) is 9.32. The van der Waals surface area contributed by atoms with E-state index in [4.69, 9.17) is 9.84 Å². The molecule has 0 aliphatic heterocycles. The monoisotopic (exact) mass is 251 g/mol. The predicted octanol–water partition coefficient (Wildman–Crippen LogP) is 0.310. The second-order valence-corrected chi connectivity index (χ2v) is 3.32. The summed E-state index contributed by atoms with van der Waals surface area (Å²) >= 11 is 0. The molecule has 0 saturated carbocycles. The van der Waals surface area contributed by atoms with Gasteiger partial charge in [0, 0.05) is 6.07 Å². The maximum Gasteiger partial charge on any atom is 0.354 e. The lowest BCUT2D eigenvalue weighted by Gasteiger charge is -2.01. The maximum atomic E-state index is 11.6. The Morgan fingerprint density at radius 3 is 2.83 bits per heavy atom. The molecule has 2 rings (SSSR count). The highest BCUT2D eigenvalue weighted by atomic mass is 16.5. The fourth-order valence-electron chi connectivity index (χ4n) is 1.41. The van der Waals surface area contributed by atoms with Gasteiger partial charge in [-0.3, -0.25) is 0 Å². The highest BCUT2D eigenvalue weighted by molar-refractivity contribution is 5.96. The Hall–Kier alpha value is -2.64. The minimum atomic E-state index is -1.32. The van der Waals surface area contributed by atoms with Gasteiger partial charge in [-0.05, 0) is 6.92 Å². The summed E-state index contributed by atoms with van der Waals surface area (Å²) in [5.41, 5.74) is -0.452. The van der Waals surface area contributed by atoms with E-state index in [0.717, 1.165) is 16.8 Å². The van der Waals surface area contributed by atoms with Gasteiger partial charge in [0.05, 0.1) is 12.8 Å². The van der Waals surface area contributed by atoms with E-state index in [1.54, 1.807) is 6.92 Å². The fraction of sp³-hybridized carbons (Fsp3) is 0.200. The molecule has 8 nitrogen and oxygen atoms in total. The van der Waals surface area contributed by atoms with Crippen LogP contribution in [0, 0.1) is 0 Å². The predicted molar refractivity (Wildman–Crippen MR) is 57.6 cm³/mol. The molecule has 2 aromatic rings. The number of hydrogen-bond acceptors (Lipinski definition) is 6. The number of fused-ring (bicyclic) bond motifs is 1. The summed E-state index contributed by atoms with van der Waals surface area (Å²) in [6.07, 6.45) is 1.16. The van der Waals surface area contributed by atoms with Crippen LogP contribution in [-0.2, 0) is 4.74 Å². The van der Waals surface area contributed by atoms with Crippen LogP contribution < -0.4 is 0 Å². The number of hydrogen-bond donors (Lipinski definition) is 2. The molecular weight excluding hydrogens is 242 g/mol. The van der Waals surface area contributed by atoms with Crippen LogP contribution in [0.1, 0.15) is 27.8 Å². The molecule has 0 atom stereocenters. The van der Waals surface area contributed by atoms with Crippen LogP contribution in [-0.4, -0.2) is 43.4 Å². The molecule has 0 spiro atoms. The molecule has 0 unspecified atom stereocenters. The molecule has 2 aromatic heterocycles. The van der Waals surface area contributed by atoms with Gasteiger partial charge in [-0.2, -0.15) is 9.61 Å². The zero-order chi connectivity index (χ0) is 13.3. The number of aromatic carboxylic acids is 1. The Balaban J connectivity index is 2.63. The van der Waals surface area contributed by atoms with Crippen LogP contribution >= 0.6 is 0 Å². The summed E-state index contributed by atoms with van der Waals surface area (Å²) < 4.78 is 5.73. The normalized spacial score (nSPS) is 10.5. The van der Waals surface area contributed by atoms with Gasteiger partial charge in [-0.1, -0.05) is 0 Å². The third kappa shape index (κ3) is 1.83. The number of aromatic hydroxyl groups is 1. The summed E-state index contributed by atoms with van der Waals surface area (Å²) in [5, 5.41) is 22.1. The summed E-state index contributed by atoms with van der Waals surface area (Å²) in [5.74, 6) is -2.42. The number of aromatic nitrogens is 3. The number of carbonyl (C=O) groups excluding carboxylic acids is 1. The van der Waals surface area contributed by atoms with Crippen molar-refractivity contribution in [2.45, 2.75) is 6.92 Å². The molecule has 94 valence electrons. The average Bonchev–Trinajstić information content (AvgIpc) is 2.73. The van der Waals surface area contributed by atoms with E-state index >= 15 is 0 Å². The quantitative estimate of drug-likeness (QED) is 0.754. The first-order valence-electron chi connectivity index (χ1n) is 5.02. The van der Waals surface area contributed by atoms with Crippen molar-refractivity contribution in [3.05, 3.63) is 23.5 Å². The Kier molecular flexibility index (Phi) is 2.84. The minimum absolute atomic E-state index is 0.00440. The standard InChI is InChI=1S/C10H9N3O5/c1-2-18-10(17)5-4-11-13-7(14)3-6(9(15)16)12-8(5)13/h3-4,14H,2H2,1H3,(H,15,16). The SMILES string of the molecule is CCOC(=O)c1cnn2c(O)cc(C(=O)O)nc12. The van der Waals surface area contributed by atoms with Crippen LogP contribution in [0.4, 0.5) is 0 Å². The highest BCUT2D eigenvalue weighted by Crippen LogP contribution is 2.17. The van der Waals surface area contributed by atoms with Crippen LogP contribution in [0.5, 0.6) is 5.88 Å². The number of carboxylic acids is 1. The van der Waals surface area contributed by atoms with Crippen molar-refractivity contribution in [2.24, 2.45) is 0 Å². The van der Waals surface area contributed by atoms with Crippen molar-refractivity contribution < 1.29 is 24.5 Å². The molecule has 18 heavy (non-hydrogen) atoms. The summed E-state index contributed by atoms with van der Waals surface area (Å²) in [6, 6.07) is 0.942. The molecule has 0 fully saturated rings. The van der Waals surface area contributed by atoms with E-state index in [1.165, 1.54) is 0 Å². The number of rotatable bonds is 3. The van der Waals surface area contributed by atoms with E-state index < -0.39 is 17.8 Å². The van der Waals surface area contributed by atoms with E-state index in [1.807, 2.05) is 0 Å². The van der Waals surface area contributed by atoms with Gasteiger partial charge in [-0.25, -0.2) is 14.6 Å². The van der Waals surface area contributed by atoms with Crippen molar-refractivity contribution in [2.75, 3.05) is 6.61 Å². The summed E-state index contributed by atoms with van der Waals surface area (Å²) in [4.78, 5) is 26.1. The average molecular weight is 251 g/mol. The molecule has 2 N–H and O–H groups in total. The molecular formula is C10H9N3O5. The Morgan fingerprint density at radius 1 is 1.50 bits per heavy atom. The second kappa shape index (κ2) is 4.32. The number of nitrogens with zero attached hydrogens (tertiary/aromatic N) is 3. The minimum Gasteiger partial charge on any atom is -0.493 e. The van der Waals surface area contributed by atoms with Crippen molar-refractivity contribution >= 4 is 17.6 Å². The van der Waals surface area contributed by atoms with Crippen LogP contribution in [0.2, 0.25) is 0 Å². The molecule has 2 heterocycles. The van der Waals surface area contributed by atoms with Gasteiger partial charge in [0.1, 0.15) is 5.56 Å². The first-order chi connectivity index (χ1) is 8.54. The zero-order valence-corrected chi connectivity index (χ0v) is 9.32. The van der Waals surface area contributed by atoms with Crippen LogP contribution in [0.15, 0.2) is 12.3 Å². The molecule has 8 heteroatoms. The summed E-state index contributed by atoms with van der Waals surface area (Å²) in [6.45, 7) is 1.80. The molecule has 0 aliphatic carbocycles. The number of carboxylic acid groups (broad SMARTS) is 1. The van der Waals surface area contributed by atoms with Crippen LogP contribution in [0.3, 0.4) is 0 Å².